The van der Waals surface area contributed by atoms with Gasteiger partial charge in [0.15, 0.2) is 11.5 Å². The zero-order chi connectivity index (χ0) is 14.7. The van der Waals surface area contributed by atoms with Crippen molar-refractivity contribution < 1.29 is 19.0 Å². The van der Waals surface area contributed by atoms with E-state index in [1.807, 2.05) is 0 Å². The van der Waals surface area contributed by atoms with E-state index in [4.69, 9.17) is 4.74 Å². The fourth-order valence-corrected chi connectivity index (χ4v) is 1.89. The number of ether oxygens (including phenoxy) is 1. The van der Waals surface area contributed by atoms with E-state index in [9.17, 15) is 14.3 Å². The number of rotatable bonds is 3. The summed E-state index contributed by atoms with van der Waals surface area (Å²) in [5, 5.41) is 12.4. The largest absolute Gasteiger partial charge is 0.504 e. The fraction of sp³-hybridized carbons (Fsp3) is 0.0714. The molecular weight excluding hydrogens is 329 g/mol. The van der Waals surface area contributed by atoms with E-state index in [0.717, 1.165) is 0 Å². The van der Waals surface area contributed by atoms with Crippen LogP contribution in [0.25, 0.3) is 0 Å². The van der Waals surface area contributed by atoms with Crippen molar-refractivity contribution in [1.82, 2.24) is 0 Å². The highest BCUT2D eigenvalue weighted by molar-refractivity contribution is 9.10. The number of halogens is 2. The second-order valence-corrected chi connectivity index (χ2v) is 4.79. The first-order valence-electron chi connectivity index (χ1n) is 5.65. The molecule has 0 radical (unpaired) electrons. The highest BCUT2D eigenvalue weighted by Crippen LogP contribution is 2.30. The van der Waals surface area contributed by atoms with Crippen molar-refractivity contribution in [3.05, 3.63) is 52.3 Å². The fourth-order valence-electron chi connectivity index (χ4n) is 1.64. The molecule has 0 aliphatic carbocycles. The van der Waals surface area contributed by atoms with Crippen LogP contribution in [0, 0.1) is 5.82 Å². The third-order valence-corrected chi connectivity index (χ3v) is 3.28. The number of amides is 1. The highest BCUT2D eigenvalue weighted by atomic mass is 79.9. The smallest absolute Gasteiger partial charge is 0.259 e. The van der Waals surface area contributed by atoms with Crippen LogP contribution >= 0.6 is 15.9 Å². The number of carbonyl (C=O) groups is 1. The number of hydrogen-bond acceptors (Lipinski definition) is 3. The van der Waals surface area contributed by atoms with Crippen molar-refractivity contribution in [3.63, 3.8) is 0 Å². The van der Waals surface area contributed by atoms with E-state index in [0.29, 0.717) is 4.47 Å². The van der Waals surface area contributed by atoms with E-state index < -0.39 is 11.7 Å². The maximum absolute atomic E-state index is 13.4. The SMILES string of the molecule is COc1cccc(C(=O)Nc2ccc(Br)c(F)c2)c1O. The zero-order valence-corrected chi connectivity index (χ0v) is 12.1. The number of carbonyl (C=O) groups excluding carboxylic acids is 1. The summed E-state index contributed by atoms with van der Waals surface area (Å²) in [6.07, 6.45) is 0. The Labute approximate surface area is 123 Å². The van der Waals surface area contributed by atoms with Gasteiger partial charge in [-0.15, -0.1) is 0 Å². The van der Waals surface area contributed by atoms with Crippen molar-refractivity contribution in [2.75, 3.05) is 12.4 Å². The molecule has 2 rings (SSSR count). The van der Waals surface area contributed by atoms with Crippen LogP contribution in [0.3, 0.4) is 0 Å². The lowest BCUT2D eigenvalue weighted by Gasteiger charge is -2.09. The van der Waals surface area contributed by atoms with Crippen LogP contribution in [0.15, 0.2) is 40.9 Å². The molecule has 0 bridgehead atoms. The van der Waals surface area contributed by atoms with Crippen LogP contribution in [0.1, 0.15) is 10.4 Å². The monoisotopic (exact) mass is 339 g/mol. The minimum Gasteiger partial charge on any atom is -0.504 e. The van der Waals surface area contributed by atoms with Gasteiger partial charge in [0.2, 0.25) is 0 Å². The predicted octanol–water partition coefficient (Wildman–Crippen LogP) is 3.55. The Morgan fingerprint density at radius 2 is 2.10 bits per heavy atom. The molecule has 4 nitrogen and oxygen atoms in total. The Morgan fingerprint density at radius 1 is 1.35 bits per heavy atom. The molecule has 1 amide bonds. The minimum absolute atomic E-state index is 0.0488. The summed E-state index contributed by atoms with van der Waals surface area (Å²) in [6.45, 7) is 0. The van der Waals surface area contributed by atoms with Gasteiger partial charge < -0.3 is 15.2 Å². The number of phenols is 1. The molecule has 0 aliphatic rings. The first-order valence-corrected chi connectivity index (χ1v) is 6.44. The minimum atomic E-state index is -0.553. The van der Waals surface area contributed by atoms with Crippen molar-refractivity contribution in [1.29, 1.82) is 0 Å². The van der Waals surface area contributed by atoms with Gasteiger partial charge in [-0.25, -0.2) is 4.39 Å². The van der Waals surface area contributed by atoms with E-state index >= 15 is 0 Å². The summed E-state index contributed by atoms with van der Waals surface area (Å²) in [5.74, 6) is -1.11. The number of aromatic hydroxyl groups is 1. The Balaban J connectivity index is 2.26. The van der Waals surface area contributed by atoms with Crippen LogP contribution in [-0.2, 0) is 0 Å². The van der Waals surface area contributed by atoms with E-state index in [1.54, 1.807) is 12.1 Å². The summed E-state index contributed by atoms with van der Waals surface area (Å²) in [6, 6.07) is 8.77. The van der Waals surface area contributed by atoms with Crippen LogP contribution in [0.4, 0.5) is 10.1 Å². The van der Waals surface area contributed by atoms with Gasteiger partial charge in [0.1, 0.15) is 5.82 Å². The molecule has 0 spiro atoms. The van der Waals surface area contributed by atoms with Gasteiger partial charge in [-0.05, 0) is 46.3 Å². The zero-order valence-electron chi connectivity index (χ0n) is 10.5. The molecule has 20 heavy (non-hydrogen) atoms. The molecule has 6 heteroatoms. The maximum Gasteiger partial charge on any atom is 0.259 e. The lowest BCUT2D eigenvalue weighted by Crippen LogP contribution is -2.12. The molecule has 0 aliphatic heterocycles. The number of phenolic OH excluding ortho intramolecular Hbond substituents is 1. The standard InChI is InChI=1S/C14H11BrFNO3/c1-20-12-4-2-3-9(13(12)18)14(19)17-8-5-6-10(15)11(16)7-8/h2-7,18H,1H3,(H,17,19). The van der Waals surface area contributed by atoms with Gasteiger partial charge >= 0.3 is 0 Å². The van der Waals surface area contributed by atoms with Crippen molar-refractivity contribution in [2.24, 2.45) is 0 Å². The topological polar surface area (TPSA) is 58.6 Å². The molecule has 2 aromatic carbocycles. The Kier molecular flexibility index (Phi) is 4.24. The van der Waals surface area contributed by atoms with E-state index in [1.165, 1.54) is 31.4 Å². The number of anilines is 1. The molecule has 0 saturated heterocycles. The summed E-state index contributed by atoms with van der Waals surface area (Å²) >= 11 is 3.03. The number of nitrogens with one attached hydrogen (secondary N) is 1. The van der Waals surface area contributed by atoms with Crippen LogP contribution < -0.4 is 10.1 Å². The lowest BCUT2D eigenvalue weighted by atomic mass is 10.1. The van der Waals surface area contributed by atoms with Crippen LogP contribution in [0.5, 0.6) is 11.5 Å². The Morgan fingerprint density at radius 3 is 2.75 bits per heavy atom. The Bertz CT molecular complexity index is 661. The first kappa shape index (κ1) is 14.3. The average Bonchev–Trinajstić information content (AvgIpc) is 2.43. The second-order valence-electron chi connectivity index (χ2n) is 3.94. The van der Waals surface area contributed by atoms with Gasteiger partial charge in [0, 0.05) is 5.69 Å². The molecule has 2 aromatic rings. The van der Waals surface area contributed by atoms with Gasteiger partial charge in [-0.3, -0.25) is 4.79 Å². The van der Waals surface area contributed by atoms with Crippen LogP contribution in [-0.4, -0.2) is 18.1 Å². The number of benzene rings is 2. The molecule has 0 aromatic heterocycles. The van der Waals surface area contributed by atoms with Crippen molar-refractivity contribution in [3.8, 4) is 11.5 Å². The second kappa shape index (κ2) is 5.92. The molecule has 0 saturated carbocycles. The van der Waals surface area contributed by atoms with Crippen molar-refractivity contribution in [2.45, 2.75) is 0 Å². The normalized spacial score (nSPS) is 10.2. The summed E-state index contributed by atoms with van der Waals surface area (Å²) in [5.41, 5.74) is 0.339. The van der Waals surface area contributed by atoms with Crippen molar-refractivity contribution >= 4 is 27.5 Å². The third-order valence-electron chi connectivity index (χ3n) is 2.64. The number of hydrogen-bond donors (Lipinski definition) is 2. The Hall–Kier alpha value is -2.08. The molecule has 104 valence electrons. The summed E-state index contributed by atoms with van der Waals surface area (Å²) < 4.78 is 18.6. The first-order chi connectivity index (χ1) is 9.52. The molecule has 0 unspecified atom stereocenters. The van der Waals surface area contributed by atoms with Gasteiger partial charge in [-0.2, -0.15) is 0 Å². The van der Waals surface area contributed by atoms with Gasteiger partial charge in [0.05, 0.1) is 17.1 Å². The summed E-state index contributed by atoms with van der Waals surface area (Å²) in [7, 11) is 1.39. The van der Waals surface area contributed by atoms with Crippen LogP contribution in [0.2, 0.25) is 0 Å². The molecule has 0 atom stereocenters. The lowest BCUT2D eigenvalue weighted by molar-refractivity contribution is 0.102. The van der Waals surface area contributed by atoms with E-state index in [2.05, 4.69) is 21.2 Å². The molecular formula is C14H11BrFNO3. The average molecular weight is 340 g/mol. The predicted molar refractivity (Wildman–Crippen MR) is 76.7 cm³/mol. The van der Waals surface area contributed by atoms with Gasteiger partial charge in [-0.1, -0.05) is 6.07 Å². The molecule has 0 heterocycles. The third kappa shape index (κ3) is 2.91. The molecule has 0 fully saturated rings. The molecule has 2 N–H and O–H groups in total. The number of para-hydroxylation sites is 1. The van der Waals surface area contributed by atoms with E-state index in [-0.39, 0.29) is 22.7 Å². The number of methoxy groups -OCH3 is 1. The van der Waals surface area contributed by atoms with Gasteiger partial charge in [0.25, 0.3) is 5.91 Å². The quantitative estimate of drug-likeness (QED) is 0.898. The summed E-state index contributed by atoms with van der Waals surface area (Å²) in [4.78, 5) is 12.0. The highest BCUT2D eigenvalue weighted by Gasteiger charge is 2.15. The maximum atomic E-state index is 13.4.